The van der Waals surface area contributed by atoms with Gasteiger partial charge in [0.2, 0.25) is 0 Å². The molecule has 170 valence electrons. The first-order chi connectivity index (χ1) is 16.4. The van der Waals surface area contributed by atoms with Crippen molar-refractivity contribution < 1.29 is 23.8 Å². The van der Waals surface area contributed by atoms with Gasteiger partial charge in [-0.05, 0) is 72.6 Å². The molecule has 0 aliphatic carbocycles. The van der Waals surface area contributed by atoms with Gasteiger partial charge in [-0.2, -0.15) is 5.26 Å². The minimum atomic E-state index is -0.932. The first-order valence-corrected chi connectivity index (χ1v) is 10.7. The van der Waals surface area contributed by atoms with Crippen LogP contribution in [0.2, 0.25) is 0 Å². The molecule has 1 N–H and O–H groups in total. The van der Waals surface area contributed by atoms with Crippen molar-refractivity contribution in [2.75, 3.05) is 11.5 Å². The number of carbonyl (C=O) groups excluding carboxylic acids is 2. The number of aliphatic hydroxyl groups excluding tert-OH is 1. The number of carbonyl (C=O) groups is 2. The van der Waals surface area contributed by atoms with Crippen LogP contribution >= 0.6 is 0 Å². The summed E-state index contributed by atoms with van der Waals surface area (Å²) in [5.41, 5.74) is 1.49. The van der Waals surface area contributed by atoms with Gasteiger partial charge in [-0.1, -0.05) is 19.1 Å². The van der Waals surface area contributed by atoms with Gasteiger partial charge in [0.1, 0.15) is 17.3 Å². The number of benzene rings is 3. The number of anilines is 1. The Morgan fingerprint density at radius 3 is 2.26 bits per heavy atom. The molecule has 34 heavy (non-hydrogen) atoms. The second-order valence-electron chi connectivity index (χ2n) is 7.75. The highest BCUT2D eigenvalue weighted by molar-refractivity contribution is 6.51. The van der Waals surface area contributed by atoms with Crippen LogP contribution in [0, 0.1) is 17.1 Å². The van der Waals surface area contributed by atoms with Gasteiger partial charge in [-0.15, -0.1) is 0 Å². The second kappa shape index (κ2) is 9.59. The third kappa shape index (κ3) is 4.26. The van der Waals surface area contributed by atoms with E-state index in [4.69, 9.17) is 10.00 Å². The zero-order chi connectivity index (χ0) is 24.2. The van der Waals surface area contributed by atoms with Crippen LogP contribution in [0.4, 0.5) is 10.1 Å². The number of aliphatic hydroxyl groups is 1. The molecule has 1 fully saturated rings. The maximum atomic E-state index is 13.4. The molecule has 1 unspecified atom stereocenters. The number of nitrogens with zero attached hydrogens (tertiary/aromatic N) is 2. The summed E-state index contributed by atoms with van der Waals surface area (Å²) in [5, 5.41) is 20.1. The average molecular weight is 456 g/mol. The molecule has 1 aliphatic heterocycles. The van der Waals surface area contributed by atoms with Crippen LogP contribution in [0.25, 0.3) is 5.76 Å². The molecule has 1 heterocycles. The minimum absolute atomic E-state index is 0.108. The van der Waals surface area contributed by atoms with Crippen LogP contribution in [0.3, 0.4) is 0 Å². The van der Waals surface area contributed by atoms with Crippen molar-refractivity contribution in [2.45, 2.75) is 19.4 Å². The van der Waals surface area contributed by atoms with Crippen molar-refractivity contribution in [3.05, 3.63) is 101 Å². The summed E-state index contributed by atoms with van der Waals surface area (Å²) in [7, 11) is 0. The lowest BCUT2D eigenvalue weighted by Crippen LogP contribution is -2.29. The molecule has 1 aliphatic rings. The van der Waals surface area contributed by atoms with Crippen molar-refractivity contribution in [1.82, 2.24) is 0 Å². The van der Waals surface area contributed by atoms with Crippen molar-refractivity contribution in [3.63, 3.8) is 0 Å². The summed E-state index contributed by atoms with van der Waals surface area (Å²) in [6.45, 7) is 2.54. The van der Waals surface area contributed by atoms with E-state index in [1.165, 1.54) is 29.2 Å². The van der Waals surface area contributed by atoms with Gasteiger partial charge >= 0.3 is 0 Å². The standard InChI is InChI=1S/C27H21FN2O4/c1-2-15-34-22-13-7-18(8-14-22)24-23(25(31)19-5-9-20(28)10-6-19)26(32)27(33)30(24)21-11-3-17(16-29)4-12-21/h3-14,24,31H,2,15H2,1H3/b25-23+. The molecule has 0 radical (unpaired) electrons. The Balaban J connectivity index is 1.86. The monoisotopic (exact) mass is 456 g/mol. The molecule has 4 rings (SSSR count). The van der Waals surface area contributed by atoms with Crippen LogP contribution < -0.4 is 9.64 Å². The largest absolute Gasteiger partial charge is 0.507 e. The molecule has 0 bridgehead atoms. The van der Waals surface area contributed by atoms with Gasteiger partial charge in [-0.3, -0.25) is 14.5 Å². The molecule has 3 aromatic carbocycles. The van der Waals surface area contributed by atoms with E-state index in [0.717, 1.165) is 6.42 Å². The van der Waals surface area contributed by atoms with Crippen molar-refractivity contribution in [3.8, 4) is 11.8 Å². The molecule has 0 aromatic heterocycles. The van der Waals surface area contributed by atoms with E-state index in [2.05, 4.69) is 0 Å². The van der Waals surface area contributed by atoms with Crippen molar-refractivity contribution in [1.29, 1.82) is 5.26 Å². The number of nitriles is 1. The summed E-state index contributed by atoms with van der Waals surface area (Å²) in [6, 6.07) is 19.3. The van der Waals surface area contributed by atoms with Gasteiger partial charge in [-0.25, -0.2) is 4.39 Å². The topological polar surface area (TPSA) is 90.6 Å². The Bertz CT molecular complexity index is 1290. The Morgan fingerprint density at radius 1 is 1.03 bits per heavy atom. The van der Waals surface area contributed by atoms with Crippen LogP contribution in [0.15, 0.2) is 78.4 Å². The molecule has 6 nitrogen and oxygen atoms in total. The summed E-state index contributed by atoms with van der Waals surface area (Å²) in [5.74, 6) is -1.92. The third-order valence-electron chi connectivity index (χ3n) is 5.51. The lowest BCUT2D eigenvalue weighted by Gasteiger charge is -2.25. The number of rotatable bonds is 6. The van der Waals surface area contributed by atoms with E-state index in [1.54, 1.807) is 48.5 Å². The Hall–Kier alpha value is -4.44. The molecular formula is C27H21FN2O4. The van der Waals surface area contributed by atoms with E-state index in [9.17, 15) is 19.1 Å². The highest BCUT2D eigenvalue weighted by Crippen LogP contribution is 2.42. The molecular weight excluding hydrogens is 435 g/mol. The molecule has 3 aromatic rings. The average Bonchev–Trinajstić information content (AvgIpc) is 3.13. The fourth-order valence-electron chi connectivity index (χ4n) is 3.84. The maximum Gasteiger partial charge on any atom is 0.300 e. The molecule has 7 heteroatoms. The zero-order valence-corrected chi connectivity index (χ0v) is 18.4. The number of ketones is 1. The van der Waals surface area contributed by atoms with E-state index in [1.807, 2.05) is 13.0 Å². The van der Waals surface area contributed by atoms with Crippen molar-refractivity contribution in [2.24, 2.45) is 0 Å². The zero-order valence-electron chi connectivity index (χ0n) is 18.4. The lowest BCUT2D eigenvalue weighted by molar-refractivity contribution is -0.132. The fraction of sp³-hybridized carbons (Fsp3) is 0.148. The van der Waals surface area contributed by atoms with Crippen LogP contribution in [0.1, 0.15) is 36.1 Å². The number of hydrogen-bond donors (Lipinski definition) is 1. The summed E-state index contributed by atoms with van der Waals surface area (Å²) in [6.07, 6.45) is 0.846. The number of Topliss-reactive ketones (excluding diaryl/α,β-unsaturated/α-hetero) is 1. The first-order valence-electron chi connectivity index (χ1n) is 10.7. The maximum absolute atomic E-state index is 13.4. The van der Waals surface area contributed by atoms with E-state index in [0.29, 0.717) is 29.2 Å². The van der Waals surface area contributed by atoms with E-state index in [-0.39, 0.29) is 11.1 Å². The summed E-state index contributed by atoms with van der Waals surface area (Å²) in [4.78, 5) is 27.6. The number of halogens is 1. The SMILES string of the molecule is CCCOc1ccc(C2/C(=C(\O)c3ccc(F)cc3)C(=O)C(=O)N2c2ccc(C#N)cc2)cc1. The number of hydrogen-bond acceptors (Lipinski definition) is 5. The van der Waals surface area contributed by atoms with Crippen LogP contribution in [-0.2, 0) is 9.59 Å². The Labute approximate surface area is 196 Å². The quantitative estimate of drug-likeness (QED) is 0.316. The first kappa shape index (κ1) is 22.7. The molecule has 0 spiro atoms. The highest BCUT2D eigenvalue weighted by atomic mass is 19.1. The summed E-state index contributed by atoms with van der Waals surface area (Å²) < 4.78 is 19.0. The summed E-state index contributed by atoms with van der Waals surface area (Å²) >= 11 is 0. The van der Waals surface area contributed by atoms with Crippen LogP contribution in [0.5, 0.6) is 5.75 Å². The van der Waals surface area contributed by atoms with E-state index < -0.39 is 29.3 Å². The fourth-order valence-corrected chi connectivity index (χ4v) is 3.84. The molecule has 1 saturated heterocycles. The molecule has 0 saturated carbocycles. The van der Waals surface area contributed by atoms with Crippen molar-refractivity contribution >= 4 is 23.1 Å². The number of ether oxygens (including phenoxy) is 1. The van der Waals surface area contributed by atoms with E-state index >= 15 is 0 Å². The van der Waals surface area contributed by atoms with Gasteiger partial charge < -0.3 is 9.84 Å². The molecule has 1 amide bonds. The smallest absolute Gasteiger partial charge is 0.300 e. The predicted octanol–water partition coefficient (Wildman–Crippen LogP) is 5.11. The van der Waals surface area contributed by atoms with Gasteiger partial charge in [0, 0.05) is 11.3 Å². The lowest BCUT2D eigenvalue weighted by atomic mass is 9.95. The minimum Gasteiger partial charge on any atom is -0.507 e. The second-order valence-corrected chi connectivity index (χ2v) is 7.75. The number of amides is 1. The Morgan fingerprint density at radius 2 is 1.68 bits per heavy atom. The predicted molar refractivity (Wildman–Crippen MR) is 125 cm³/mol. The normalized spacial score (nSPS) is 17.0. The highest BCUT2D eigenvalue weighted by Gasteiger charge is 2.47. The Kier molecular flexibility index (Phi) is 6.42. The van der Waals surface area contributed by atoms with Crippen LogP contribution in [-0.4, -0.2) is 23.4 Å². The van der Waals surface area contributed by atoms with Gasteiger partial charge in [0.05, 0.1) is 29.9 Å². The molecule has 1 atom stereocenters. The van der Waals surface area contributed by atoms with Gasteiger partial charge in [0.15, 0.2) is 0 Å². The van der Waals surface area contributed by atoms with Gasteiger partial charge in [0.25, 0.3) is 11.7 Å². The third-order valence-corrected chi connectivity index (χ3v) is 5.51.